The fraction of sp³-hybridized carbons (Fsp3) is 0.125. The summed E-state index contributed by atoms with van der Waals surface area (Å²) in [7, 11) is 0. The van der Waals surface area contributed by atoms with Crippen LogP contribution in [0.2, 0.25) is 0 Å². The van der Waals surface area contributed by atoms with E-state index >= 15 is 0 Å². The molecule has 0 aliphatic rings. The summed E-state index contributed by atoms with van der Waals surface area (Å²) in [5.74, 6) is 1.01. The van der Waals surface area contributed by atoms with E-state index in [1.807, 2.05) is 19.1 Å². The van der Waals surface area contributed by atoms with E-state index in [0.717, 1.165) is 16.6 Å². The lowest BCUT2D eigenvalue weighted by molar-refractivity contribution is 0.625. The Morgan fingerprint density at radius 1 is 1.17 bits per heavy atom. The van der Waals surface area contributed by atoms with Crippen molar-refractivity contribution in [2.75, 3.05) is 0 Å². The van der Waals surface area contributed by atoms with Crippen LogP contribution in [-0.2, 0) is 6.54 Å². The maximum atomic E-state index is 13.1. The van der Waals surface area contributed by atoms with Crippen LogP contribution in [0.15, 0.2) is 42.6 Å². The minimum atomic E-state index is -0.255. The predicted octanol–water partition coefficient (Wildman–Crippen LogP) is 2.71. The van der Waals surface area contributed by atoms with Crippen molar-refractivity contribution in [3.8, 4) is 11.5 Å². The van der Waals surface area contributed by atoms with Crippen LogP contribution in [0.25, 0.3) is 22.6 Å². The molecule has 0 saturated carbocycles. The Hall–Kier alpha value is -3.09. The number of hydrogen-bond acceptors (Lipinski definition) is 4. The van der Waals surface area contributed by atoms with Gasteiger partial charge < -0.3 is 0 Å². The smallest absolute Gasteiger partial charge is 0.177 e. The van der Waals surface area contributed by atoms with Crippen molar-refractivity contribution in [3.05, 3.63) is 59.8 Å². The third-order valence-corrected chi connectivity index (χ3v) is 3.57. The molecule has 0 spiro atoms. The van der Waals surface area contributed by atoms with Crippen LogP contribution in [0, 0.1) is 12.7 Å². The van der Waals surface area contributed by atoms with Gasteiger partial charge in [-0.3, -0.25) is 5.10 Å². The van der Waals surface area contributed by atoms with Crippen molar-refractivity contribution >= 4 is 11.0 Å². The molecular weight excluding hydrogens is 295 g/mol. The molecule has 114 valence electrons. The highest BCUT2D eigenvalue weighted by Gasteiger charge is 2.16. The second-order valence-electron chi connectivity index (χ2n) is 5.24. The Morgan fingerprint density at radius 2 is 2.00 bits per heavy atom. The lowest BCUT2D eigenvalue weighted by atomic mass is 10.2. The van der Waals surface area contributed by atoms with E-state index in [-0.39, 0.29) is 5.82 Å². The quantitative estimate of drug-likeness (QED) is 0.631. The van der Waals surface area contributed by atoms with Gasteiger partial charge in [0, 0.05) is 6.20 Å². The van der Waals surface area contributed by atoms with E-state index in [2.05, 4.69) is 25.3 Å². The zero-order chi connectivity index (χ0) is 15.8. The van der Waals surface area contributed by atoms with Gasteiger partial charge in [-0.25, -0.2) is 19.0 Å². The van der Waals surface area contributed by atoms with Gasteiger partial charge in [-0.1, -0.05) is 12.1 Å². The van der Waals surface area contributed by atoms with Gasteiger partial charge in [0.25, 0.3) is 0 Å². The van der Waals surface area contributed by atoms with Gasteiger partial charge in [0.15, 0.2) is 11.5 Å². The standard InChI is InChI=1S/C16H13FN6/c1-10-19-15(21-20-10)14-13-3-2-8-18-16(13)23(22-14)9-11-4-6-12(17)7-5-11/h2-8H,9H2,1H3,(H,19,20,21). The Labute approximate surface area is 131 Å². The minimum absolute atomic E-state index is 0.255. The van der Waals surface area contributed by atoms with E-state index in [1.54, 1.807) is 23.0 Å². The van der Waals surface area contributed by atoms with Gasteiger partial charge in [-0.15, -0.1) is 0 Å². The monoisotopic (exact) mass is 308 g/mol. The first-order valence-corrected chi connectivity index (χ1v) is 7.16. The molecule has 0 fully saturated rings. The largest absolute Gasteiger partial charge is 0.258 e. The molecule has 0 unspecified atom stereocenters. The van der Waals surface area contributed by atoms with E-state index in [0.29, 0.717) is 23.9 Å². The van der Waals surface area contributed by atoms with Crippen molar-refractivity contribution in [1.82, 2.24) is 29.9 Å². The van der Waals surface area contributed by atoms with Crippen LogP contribution < -0.4 is 0 Å². The molecule has 0 radical (unpaired) electrons. The molecule has 1 N–H and O–H groups in total. The zero-order valence-electron chi connectivity index (χ0n) is 12.4. The molecule has 4 aromatic rings. The second kappa shape index (κ2) is 5.28. The van der Waals surface area contributed by atoms with Gasteiger partial charge in [-0.05, 0) is 36.8 Å². The highest BCUT2D eigenvalue weighted by atomic mass is 19.1. The van der Waals surface area contributed by atoms with Crippen molar-refractivity contribution in [3.63, 3.8) is 0 Å². The van der Waals surface area contributed by atoms with Gasteiger partial charge in [0.1, 0.15) is 17.3 Å². The Balaban J connectivity index is 1.82. The molecule has 23 heavy (non-hydrogen) atoms. The molecule has 0 aliphatic heterocycles. The lowest BCUT2D eigenvalue weighted by Crippen LogP contribution is -2.02. The summed E-state index contributed by atoms with van der Waals surface area (Å²) in [5, 5.41) is 12.5. The maximum Gasteiger partial charge on any atom is 0.177 e. The third kappa shape index (κ3) is 2.46. The number of hydrogen-bond donors (Lipinski definition) is 1. The summed E-state index contributed by atoms with van der Waals surface area (Å²) in [6.07, 6.45) is 1.72. The molecule has 0 aliphatic carbocycles. The number of aromatic nitrogens is 6. The number of benzene rings is 1. The van der Waals surface area contributed by atoms with Crippen molar-refractivity contribution in [1.29, 1.82) is 0 Å². The van der Waals surface area contributed by atoms with Crippen molar-refractivity contribution in [2.24, 2.45) is 0 Å². The minimum Gasteiger partial charge on any atom is -0.258 e. The van der Waals surface area contributed by atoms with Crippen molar-refractivity contribution in [2.45, 2.75) is 13.5 Å². The average molecular weight is 308 g/mol. The highest BCUT2D eigenvalue weighted by Crippen LogP contribution is 2.24. The third-order valence-electron chi connectivity index (χ3n) is 3.57. The number of H-pyrrole nitrogens is 1. The van der Waals surface area contributed by atoms with Crippen LogP contribution in [0.5, 0.6) is 0 Å². The lowest BCUT2D eigenvalue weighted by Gasteiger charge is -2.02. The molecule has 0 bridgehead atoms. The molecule has 6 nitrogen and oxygen atoms in total. The number of nitrogens with zero attached hydrogens (tertiary/aromatic N) is 5. The summed E-state index contributed by atoms with van der Waals surface area (Å²) < 4.78 is 14.8. The highest BCUT2D eigenvalue weighted by molar-refractivity contribution is 5.89. The number of aromatic amines is 1. The van der Waals surface area contributed by atoms with Crippen molar-refractivity contribution < 1.29 is 4.39 Å². The number of nitrogens with one attached hydrogen (secondary N) is 1. The molecule has 0 saturated heterocycles. The van der Waals surface area contributed by atoms with E-state index in [9.17, 15) is 4.39 Å². The zero-order valence-corrected chi connectivity index (χ0v) is 12.4. The van der Waals surface area contributed by atoms with Crippen LogP contribution in [0.4, 0.5) is 4.39 Å². The molecule has 1 aromatic carbocycles. The number of rotatable bonds is 3. The van der Waals surface area contributed by atoms with E-state index in [4.69, 9.17) is 0 Å². The van der Waals surface area contributed by atoms with Gasteiger partial charge in [0.05, 0.1) is 11.9 Å². The van der Waals surface area contributed by atoms with Crippen LogP contribution in [-0.4, -0.2) is 29.9 Å². The summed E-state index contributed by atoms with van der Waals surface area (Å²) in [5.41, 5.74) is 2.40. The molecule has 3 aromatic heterocycles. The number of aryl methyl sites for hydroxylation is 1. The molecule has 3 heterocycles. The maximum absolute atomic E-state index is 13.1. The number of halogens is 1. The van der Waals surface area contributed by atoms with Crippen LogP contribution >= 0.6 is 0 Å². The molecule has 0 atom stereocenters. The molecule has 4 rings (SSSR count). The first-order valence-electron chi connectivity index (χ1n) is 7.16. The first-order chi connectivity index (χ1) is 11.2. The molecule has 7 heteroatoms. The number of pyridine rings is 1. The Bertz CT molecular complexity index is 970. The van der Waals surface area contributed by atoms with Gasteiger partial charge in [0.2, 0.25) is 0 Å². The van der Waals surface area contributed by atoms with Gasteiger partial charge >= 0.3 is 0 Å². The van der Waals surface area contributed by atoms with E-state index < -0.39 is 0 Å². The van der Waals surface area contributed by atoms with Crippen LogP contribution in [0.3, 0.4) is 0 Å². The summed E-state index contributed by atoms with van der Waals surface area (Å²) in [6.45, 7) is 2.32. The van der Waals surface area contributed by atoms with E-state index in [1.165, 1.54) is 12.1 Å². The Kier molecular flexibility index (Phi) is 3.11. The first kappa shape index (κ1) is 13.6. The van der Waals surface area contributed by atoms with Crippen LogP contribution in [0.1, 0.15) is 11.4 Å². The SMILES string of the molecule is Cc1n[nH]c(-c2nn(Cc3ccc(F)cc3)c3ncccc23)n1. The molecule has 0 amide bonds. The Morgan fingerprint density at radius 3 is 2.74 bits per heavy atom. The fourth-order valence-electron chi connectivity index (χ4n) is 2.51. The summed E-state index contributed by atoms with van der Waals surface area (Å²) in [4.78, 5) is 8.76. The summed E-state index contributed by atoms with van der Waals surface area (Å²) in [6, 6.07) is 10.2. The number of fused-ring (bicyclic) bond motifs is 1. The van der Waals surface area contributed by atoms with Gasteiger partial charge in [-0.2, -0.15) is 10.2 Å². The normalized spacial score (nSPS) is 11.2. The summed E-state index contributed by atoms with van der Waals surface area (Å²) >= 11 is 0. The fourth-order valence-corrected chi connectivity index (χ4v) is 2.51. The predicted molar refractivity (Wildman–Crippen MR) is 83.1 cm³/mol. The average Bonchev–Trinajstić information content (AvgIpc) is 3.14. The second-order valence-corrected chi connectivity index (χ2v) is 5.24. The topological polar surface area (TPSA) is 72.3 Å². The molecular formula is C16H13FN6.